The maximum atomic E-state index is 11.7. The minimum Gasteiger partial charge on any atom is -0.492 e. The monoisotopic (exact) mass is 336 g/mol. The zero-order valence-electron chi connectivity index (χ0n) is 15.0. The number of hydrogen-bond acceptors (Lipinski definition) is 4. The summed E-state index contributed by atoms with van der Waals surface area (Å²) < 4.78 is 10.8. The van der Waals surface area contributed by atoms with Crippen molar-refractivity contribution in [3.05, 3.63) is 24.3 Å². The molecule has 0 unspecified atom stereocenters. The first-order chi connectivity index (χ1) is 11.3. The molecule has 1 rings (SSSR count). The molecule has 0 fully saturated rings. The van der Waals surface area contributed by atoms with E-state index in [1.54, 1.807) is 45.0 Å². The van der Waals surface area contributed by atoms with E-state index in [2.05, 4.69) is 17.6 Å². The van der Waals surface area contributed by atoms with E-state index in [0.29, 0.717) is 31.0 Å². The third kappa shape index (κ3) is 9.02. The summed E-state index contributed by atoms with van der Waals surface area (Å²) in [5, 5.41) is 5.47. The highest BCUT2D eigenvalue weighted by Crippen LogP contribution is 2.18. The van der Waals surface area contributed by atoms with Gasteiger partial charge in [0.2, 0.25) is 5.91 Å². The molecule has 0 bridgehead atoms. The number of nitrogens with one attached hydrogen (secondary N) is 2. The van der Waals surface area contributed by atoms with Gasteiger partial charge in [-0.1, -0.05) is 19.4 Å². The van der Waals surface area contributed by atoms with Gasteiger partial charge in [0.05, 0.1) is 6.54 Å². The Hall–Kier alpha value is -2.24. The van der Waals surface area contributed by atoms with Gasteiger partial charge in [0.1, 0.15) is 18.0 Å². The fourth-order valence-corrected chi connectivity index (χ4v) is 1.87. The average molecular weight is 336 g/mol. The van der Waals surface area contributed by atoms with Crippen molar-refractivity contribution in [2.24, 2.45) is 0 Å². The van der Waals surface area contributed by atoms with E-state index in [1.807, 2.05) is 0 Å². The maximum Gasteiger partial charge on any atom is 0.412 e. The lowest BCUT2D eigenvalue weighted by molar-refractivity contribution is -0.121. The van der Waals surface area contributed by atoms with Crippen molar-refractivity contribution in [3.8, 4) is 5.75 Å². The Morgan fingerprint density at radius 3 is 2.62 bits per heavy atom. The third-order valence-electron chi connectivity index (χ3n) is 2.93. The summed E-state index contributed by atoms with van der Waals surface area (Å²) in [7, 11) is 0. The third-order valence-corrected chi connectivity index (χ3v) is 2.93. The Kier molecular flexibility index (Phi) is 8.09. The molecule has 0 aliphatic carbocycles. The van der Waals surface area contributed by atoms with Crippen molar-refractivity contribution < 1.29 is 19.1 Å². The summed E-state index contributed by atoms with van der Waals surface area (Å²) in [6, 6.07) is 7.03. The van der Waals surface area contributed by atoms with Crippen LogP contribution in [-0.2, 0) is 9.53 Å². The standard InChI is InChI=1S/C18H28N2O4/c1-5-6-10-16(21)19-11-12-23-15-9-7-8-14(13-15)20-17(22)24-18(2,3)4/h7-9,13H,5-6,10-12H2,1-4H3,(H,19,21)(H,20,22). The summed E-state index contributed by atoms with van der Waals surface area (Å²) in [5.41, 5.74) is 0.0440. The molecule has 134 valence electrons. The molecule has 1 aromatic rings. The Balaban J connectivity index is 2.37. The van der Waals surface area contributed by atoms with Crippen molar-refractivity contribution >= 4 is 17.7 Å². The van der Waals surface area contributed by atoms with E-state index >= 15 is 0 Å². The van der Waals surface area contributed by atoms with Crippen LogP contribution in [-0.4, -0.2) is 30.8 Å². The molecule has 0 heterocycles. The summed E-state index contributed by atoms with van der Waals surface area (Å²) in [6.07, 6.45) is 1.93. The van der Waals surface area contributed by atoms with Crippen LogP contribution < -0.4 is 15.4 Å². The SMILES string of the molecule is CCCCC(=O)NCCOc1cccc(NC(=O)OC(C)(C)C)c1. The summed E-state index contributed by atoms with van der Waals surface area (Å²) >= 11 is 0. The van der Waals surface area contributed by atoms with E-state index in [0.717, 1.165) is 12.8 Å². The van der Waals surface area contributed by atoms with Crippen LogP contribution in [0.25, 0.3) is 0 Å². The molecule has 2 amide bonds. The predicted octanol–water partition coefficient (Wildman–Crippen LogP) is 3.72. The van der Waals surface area contributed by atoms with Crippen LogP contribution >= 0.6 is 0 Å². The lowest BCUT2D eigenvalue weighted by Crippen LogP contribution is -2.28. The second kappa shape index (κ2) is 9.80. The quantitative estimate of drug-likeness (QED) is 0.709. The van der Waals surface area contributed by atoms with Gasteiger partial charge < -0.3 is 14.8 Å². The van der Waals surface area contributed by atoms with Crippen LogP contribution in [0.4, 0.5) is 10.5 Å². The topological polar surface area (TPSA) is 76.7 Å². The average Bonchev–Trinajstić information content (AvgIpc) is 2.48. The molecule has 0 saturated carbocycles. The highest BCUT2D eigenvalue weighted by molar-refractivity contribution is 5.85. The van der Waals surface area contributed by atoms with Crippen LogP contribution in [0.3, 0.4) is 0 Å². The largest absolute Gasteiger partial charge is 0.492 e. The molecule has 0 atom stereocenters. The van der Waals surface area contributed by atoms with Gasteiger partial charge >= 0.3 is 6.09 Å². The zero-order valence-corrected chi connectivity index (χ0v) is 15.0. The van der Waals surface area contributed by atoms with E-state index in [-0.39, 0.29) is 5.91 Å². The molecule has 0 aliphatic rings. The molecule has 1 aromatic carbocycles. The van der Waals surface area contributed by atoms with Crippen molar-refractivity contribution in [1.29, 1.82) is 0 Å². The van der Waals surface area contributed by atoms with Crippen molar-refractivity contribution in [3.63, 3.8) is 0 Å². The van der Waals surface area contributed by atoms with E-state index < -0.39 is 11.7 Å². The second-order valence-electron chi connectivity index (χ2n) is 6.46. The number of unbranched alkanes of at least 4 members (excludes halogenated alkanes) is 1. The lowest BCUT2D eigenvalue weighted by Gasteiger charge is -2.19. The predicted molar refractivity (Wildman–Crippen MR) is 94.3 cm³/mol. The summed E-state index contributed by atoms with van der Waals surface area (Å²) in [6.45, 7) is 8.29. The number of carbonyl (C=O) groups excluding carboxylic acids is 2. The Bertz CT molecular complexity index is 538. The van der Waals surface area contributed by atoms with E-state index in [1.165, 1.54) is 0 Å². The van der Waals surface area contributed by atoms with Gasteiger partial charge in [-0.25, -0.2) is 4.79 Å². The molecule has 0 aliphatic heterocycles. The summed E-state index contributed by atoms with van der Waals surface area (Å²) in [5.74, 6) is 0.659. The van der Waals surface area contributed by atoms with E-state index in [9.17, 15) is 9.59 Å². The molecular weight excluding hydrogens is 308 g/mol. The number of anilines is 1. The molecule has 6 nitrogen and oxygen atoms in total. The number of carbonyl (C=O) groups is 2. The van der Waals surface area contributed by atoms with E-state index in [4.69, 9.17) is 9.47 Å². The fraction of sp³-hybridized carbons (Fsp3) is 0.556. The smallest absolute Gasteiger partial charge is 0.412 e. The van der Waals surface area contributed by atoms with Gasteiger partial charge in [-0.3, -0.25) is 10.1 Å². The van der Waals surface area contributed by atoms with Crippen LogP contribution in [0.5, 0.6) is 5.75 Å². The van der Waals surface area contributed by atoms with Gasteiger partial charge in [-0.05, 0) is 39.3 Å². The minimum absolute atomic E-state index is 0.0424. The maximum absolute atomic E-state index is 11.7. The first-order valence-corrected chi connectivity index (χ1v) is 8.29. The summed E-state index contributed by atoms with van der Waals surface area (Å²) in [4.78, 5) is 23.2. The number of hydrogen-bond donors (Lipinski definition) is 2. The van der Waals surface area contributed by atoms with Gasteiger partial charge in [-0.2, -0.15) is 0 Å². The Morgan fingerprint density at radius 2 is 1.96 bits per heavy atom. The van der Waals surface area contributed by atoms with Crippen LogP contribution in [0, 0.1) is 0 Å². The van der Waals surface area contributed by atoms with Crippen LogP contribution in [0.1, 0.15) is 47.0 Å². The zero-order chi connectivity index (χ0) is 18.0. The Morgan fingerprint density at radius 1 is 1.21 bits per heavy atom. The first kappa shape index (κ1) is 19.8. The normalized spacial score (nSPS) is 10.8. The van der Waals surface area contributed by atoms with Gasteiger partial charge in [0, 0.05) is 18.2 Å². The lowest BCUT2D eigenvalue weighted by atomic mass is 10.2. The number of ether oxygens (including phenoxy) is 2. The minimum atomic E-state index is -0.547. The van der Waals surface area contributed by atoms with Crippen molar-refractivity contribution in [2.75, 3.05) is 18.5 Å². The molecule has 0 spiro atoms. The fourth-order valence-electron chi connectivity index (χ4n) is 1.87. The van der Waals surface area contributed by atoms with Gasteiger partial charge in [0.25, 0.3) is 0 Å². The second-order valence-corrected chi connectivity index (χ2v) is 6.46. The number of rotatable bonds is 8. The molecule has 0 saturated heterocycles. The van der Waals surface area contributed by atoms with Crippen LogP contribution in [0.2, 0.25) is 0 Å². The molecular formula is C18H28N2O4. The van der Waals surface area contributed by atoms with Crippen molar-refractivity contribution in [2.45, 2.75) is 52.6 Å². The van der Waals surface area contributed by atoms with Gasteiger partial charge in [0.15, 0.2) is 0 Å². The molecule has 2 N–H and O–H groups in total. The first-order valence-electron chi connectivity index (χ1n) is 8.29. The van der Waals surface area contributed by atoms with Gasteiger partial charge in [-0.15, -0.1) is 0 Å². The highest BCUT2D eigenvalue weighted by atomic mass is 16.6. The van der Waals surface area contributed by atoms with Crippen molar-refractivity contribution in [1.82, 2.24) is 5.32 Å². The molecule has 24 heavy (non-hydrogen) atoms. The number of amides is 2. The van der Waals surface area contributed by atoms with Crippen LogP contribution in [0.15, 0.2) is 24.3 Å². The number of benzene rings is 1. The molecule has 0 aromatic heterocycles. The highest BCUT2D eigenvalue weighted by Gasteiger charge is 2.16. The Labute approximate surface area is 143 Å². The molecule has 6 heteroatoms. The molecule has 0 radical (unpaired) electrons.